The number of nitrogens with one attached hydrogen (secondary N) is 2. The highest BCUT2D eigenvalue weighted by Crippen LogP contribution is 2.55. The quantitative estimate of drug-likeness (QED) is 0.270. The number of ether oxygens (including phenoxy) is 1. The van der Waals surface area contributed by atoms with Crippen LogP contribution in [0, 0.1) is 13.8 Å². The van der Waals surface area contributed by atoms with Crippen molar-refractivity contribution in [3.8, 4) is 0 Å². The maximum absolute atomic E-state index is 13.3. The lowest BCUT2D eigenvalue weighted by molar-refractivity contribution is -0.272. The lowest BCUT2D eigenvalue weighted by Crippen LogP contribution is -2.49. The minimum atomic E-state index is -5.84. The molecule has 0 aliphatic rings. The van der Waals surface area contributed by atoms with E-state index >= 15 is 0 Å². The highest BCUT2D eigenvalue weighted by molar-refractivity contribution is 6.67. The van der Waals surface area contributed by atoms with Gasteiger partial charge >= 0.3 is 18.4 Å². The molecule has 0 spiro atoms. The average Bonchev–Trinajstić information content (AvgIpc) is 2.72. The number of amides is 2. The summed E-state index contributed by atoms with van der Waals surface area (Å²) < 4.78 is 82.9. The number of aryl methyl sites for hydroxylation is 2. The van der Waals surface area contributed by atoms with Crippen molar-refractivity contribution in [2.24, 2.45) is 0 Å². The summed E-state index contributed by atoms with van der Waals surface area (Å²) in [4.78, 5) is 19.9. The fourth-order valence-electron chi connectivity index (χ4n) is 3.07. The van der Waals surface area contributed by atoms with E-state index in [4.69, 9.17) is 51.1 Å². The van der Waals surface area contributed by atoms with Crippen LogP contribution in [0.4, 0.5) is 42.5 Å². The lowest BCUT2D eigenvalue weighted by Gasteiger charge is -2.32. The Morgan fingerprint density at radius 1 is 0.861 bits per heavy atom. The van der Waals surface area contributed by atoms with Gasteiger partial charge < -0.3 is 10.1 Å². The van der Waals surface area contributed by atoms with Gasteiger partial charge in [-0.05, 0) is 48.7 Å². The molecule has 36 heavy (non-hydrogen) atoms. The Bertz CT molecular complexity index is 1110. The normalized spacial score (nSPS) is 12.8. The Labute approximate surface area is 221 Å². The smallest absolute Gasteiger partial charge is 0.420 e. The number of benzene rings is 2. The van der Waals surface area contributed by atoms with Gasteiger partial charge in [-0.1, -0.05) is 64.6 Å². The number of carbonyl (C=O) groups is 2. The molecule has 2 N–H and O–H groups in total. The summed E-state index contributed by atoms with van der Waals surface area (Å²) in [5.74, 6) is -0.768. The predicted molar refractivity (Wildman–Crippen MR) is 125 cm³/mol. The van der Waals surface area contributed by atoms with E-state index in [-0.39, 0.29) is 28.1 Å². The largest absolute Gasteiger partial charge is 0.445 e. The van der Waals surface area contributed by atoms with Crippen LogP contribution in [0.15, 0.2) is 36.4 Å². The van der Waals surface area contributed by atoms with Crippen molar-refractivity contribution in [3.05, 3.63) is 58.7 Å². The van der Waals surface area contributed by atoms with Crippen molar-refractivity contribution < 1.29 is 40.7 Å². The molecular weight excluding hydrogens is 584 g/mol. The number of carbonyl (C=O) groups excluding carboxylic acids is 2. The van der Waals surface area contributed by atoms with Crippen LogP contribution >= 0.6 is 46.4 Å². The van der Waals surface area contributed by atoms with Crippen molar-refractivity contribution in [3.63, 3.8) is 0 Å². The number of halogens is 10. The van der Waals surface area contributed by atoms with Crippen LogP contribution in [0.25, 0.3) is 0 Å². The summed E-state index contributed by atoms with van der Waals surface area (Å²) in [5.41, 5.74) is -1.34. The van der Waals surface area contributed by atoms with Gasteiger partial charge in [-0.3, -0.25) is 10.1 Å². The molecule has 0 aliphatic carbocycles. The van der Waals surface area contributed by atoms with Gasteiger partial charge in [-0.15, -0.1) is 0 Å². The van der Waals surface area contributed by atoms with Gasteiger partial charge in [0.2, 0.25) is 3.79 Å². The summed E-state index contributed by atoms with van der Waals surface area (Å²) >= 11 is 21.6. The van der Waals surface area contributed by atoms with Crippen LogP contribution in [0.1, 0.15) is 27.0 Å². The topological polar surface area (TPSA) is 67.4 Å². The second-order valence-corrected chi connectivity index (χ2v) is 10.6. The van der Waals surface area contributed by atoms with Crippen LogP contribution in [0.5, 0.6) is 0 Å². The first kappa shape index (κ1) is 30.1. The standard InChI is InChI=1S/C21H16Cl4F6N2O3/c1-10-6-13(19(25,20(26,27)28)21(29,30)31)7-11(2)15(10)33-16(34)12-4-3-5-14(8-12)32-17(35)36-9-18(22,23)24/h3-8H,9H2,1-2H3,(H,32,35)(H,33,34). The summed E-state index contributed by atoms with van der Waals surface area (Å²) in [6.07, 6.45) is -12.7. The van der Waals surface area contributed by atoms with Crippen molar-refractivity contribution in [2.75, 3.05) is 17.2 Å². The van der Waals surface area contributed by atoms with E-state index in [0.717, 1.165) is 0 Å². The number of anilines is 2. The molecule has 0 aromatic heterocycles. The third kappa shape index (κ3) is 7.02. The fraction of sp³-hybridized carbons (Fsp3) is 0.333. The summed E-state index contributed by atoms with van der Waals surface area (Å²) in [6.45, 7) is 1.88. The van der Waals surface area contributed by atoms with E-state index in [0.29, 0.717) is 12.1 Å². The van der Waals surface area contributed by atoms with E-state index in [2.05, 4.69) is 10.6 Å². The SMILES string of the molecule is Cc1cc(C(Cl)(C(F)(F)F)C(F)(F)F)cc(C)c1NC(=O)c1cccc(NC(=O)OCC(Cl)(Cl)Cl)c1. The predicted octanol–water partition coefficient (Wildman–Crippen LogP) is 8.03. The monoisotopic (exact) mass is 598 g/mol. The Morgan fingerprint density at radius 2 is 1.39 bits per heavy atom. The molecule has 0 aliphatic heterocycles. The van der Waals surface area contributed by atoms with Gasteiger partial charge in [0, 0.05) is 16.9 Å². The minimum absolute atomic E-state index is 0.00525. The maximum Gasteiger partial charge on any atom is 0.420 e. The fourth-order valence-corrected chi connectivity index (χ4v) is 3.35. The first-order valence-electron chi connectivity index (χ1n) is 9.62. The van der Waals surface area contributed by atoms with Crippen LogP contribution < -0.4 is 10.6 Å². The molecular formula is C21H16Cl4F6N2O3. The molecule has 2 amide bonds. The van der Waals surface area contributed by atoms with Crippen LogP contribution in [-0.2, 0) is 9.61 Å². The van der Waals surface area contributed by atoms with Crippen molar-refractivity contribution in [1.29, 1.82) is 0 Å². The van der Waals surface area contributed by atoms with Gasteiger partial charge in [-0.25, -0.2) is 4.79 Å². The third-order valence-electron chi connectivity index (χ3n) is 4.69. The molecule has 0 radical (unpaired) electrons. The summed E-state index contributed by atoms with van der Waals surface area (Å²) in [7, 11) is 0. The summed E-state index contributed by atoms with van der Waals surface area (Å²) in [5, 5.41) is 4.74. The lowest BCUT2D eigenvalue weighted by atomic mass is 9.92. The molecule has 15 heteroatoms. The Balaban J connectivity index is 2.29. The molecule has 0 heterocycles. The molecule has 2 aromatic rings. The van der Waals surface area contributed by atoms with Crippen LogP contribution in [0.2, 0.25) is 0 Å². The first-order chi connectivity index (χ1) is 16.3. The Hall–Kier alpha value is -2.08. The van der Waals surface area contributed by atoms with Crippen LogP contribution in [-0.4, -0.2) is 34.8 Å². The van der Waals surface area contributed by atoms with Gasteiger partial charge in [0.25, 0.3) is 10.8 Å². The second-order valence-electron chi connectivity index (χ2n) is 7.49. The van der Waals surface area contributed by atoms with Gasteiger partial charge in [-0.2, -0.15) is 26.3 Å². The Kier molecular flexibility index (Phi) is 8.98. The van der Waals surface area contributed by atoms with E-state index in [9.17, 15) is 35.9 Å². The first-order valence-corrected chi connectivity index (χ1v) is 11.1. The Morgan fingerprint density at radius 3 is 1.86 bits per heavy atom. The molecule has 0 saturated heterocycles. The maximum atomic E-state index is 13.3. The van der Waals surface area contributed by atoms with Gasteiger partial charge in [0.05, 0.1) is 0 Å². The van der Waals surface area contributed by atoms with E-state index in [1.165, 1.54) is 38.1 Å². The molecule has 5 nitrogen and oxygen atoms in total. The van der Waals surface area contributed by atoms with E-state index in [1.807, 2.05) is 0 Å². The number of hydrogen-bond donors (Lipinski definition) is 2. The molecule has 0 fully saturated rings. The van der Waals surface area contributed by atoms with Crippen LogP contribution in [0.3, 0.4) is 0 Å². The molecule has 0 saturated carbocycles. The molecule has 0 atom stereocenters. The number of rotatable bonds is 5. The molecule has 2 aromatic carbocycles. The zero-order valence-corrected chi connectivity index (χ0v) is 21.2. The van der Waals surface area contributed by atoms with Crippen molar-refractivity contribution in [1.82, 2.24) is 0 Å². The second kappa shape index (κ2) is 10.7. The third-order valence-corrected chi connectivity index (χ3v) is 5.66. The van der Waals surface area contributed by atoms with Crippen molar-refractivity contribution in [2.45, 2.75) is 34.9 Å². The molecule has 2 rings (SSSR count). The molecule has 198 valence electrons. The highest BCUT2D eigenvalue weighted by Gasteiger charge is 2.71. The number of hydrogen-bond acceptors (Lipinski definition) is 3. The minimum Gasteiger partial charge on any atom is -0.445 e. The van der Waals surface area contributed by atoms with Gasteiger partial charge in [0.15, 0.2) is 0 Å². The van der Waals surface area contributed by atoms with Crippen molar-refractivity contribution >= 4 is 69.8 Å². The molecule has 0 unspecified atom stereocenters. The summed E-state index contributed by atoms with van der Waals surface area (Å²) in [6, 6.07) is 6.61. The zero-order valence-electron chi connectivity index (χ0n) is 18.2. The molecule has 0 bridgehead atoms. The average molecular weight is 600 g/mol. The number of alkyl halides is 10. The zero-order chi connectivity index (χ0) is 27.7. The van der Waals surface area contributed by atoms with E-state index in [1.54, 1.807) is 0 Å². The van der Waals surface area contributed by atoms with E-state index < -0.39 is 45.2 Å². The highest BCUT2D eigenvalue weighted by atomic mass is 35.6. The van der Waals surface area contributed by atoms with Gasteiger partial charge in [0.1, 0.15) is 6.61 Å².